The van der Waals surface area contributed by atoms with Crippen LogP contribution in [0.2, 0.25) is 0 Å². The maximum atomic E-state index is 14.6. The molecule has 5 rings (SSSR count). The second kappa shape index (κ2) is 8.63. The summed E-state index contributed by atoms with van der Waals surface area (Å²) in [6.45, 7) is 1.64. The van der Waals surface area contributed by atoms with Crippen molar-refractivity contribution in [2.45, 2.75) is 31.6 Å². The van der Waals surface area contributed by atoms with E-state index in [4.69, 9.17) is 0 Å². The first-order valence-corrected chi connectivity index (χ1v) is 10.7. The zero-order valence-corrected chi connectivity index (χ0v) is 17.4. The van der Waals surface area contributed by atoms with Crippen LogP contribution in [-0.2, 0) is 11.3 Å². The van der Waals surface area contributed by atoms with Gasteiger partial charge in [0.15, 0.2) is 0 Å². The van der Waals surface area contributed by atoms with Crippen LogP contribution in [0.1, 0.15) is 30.0 Å². The van der Waals surface area contributed by atoms with E-state index in [1.807, 2.05) is 40.0 Å². The molecule has 0 unspecified atom stereocenters. The third-order valence-corrected chi connectivity index (χ3v) is 5.69. The first-order valence-electron chi connectivity index (χ1n) is 10.7. The summed E-state index contributed by atoms with van der Waals surface area (Å²) in [5.74, 6) is -0.788. The van der Waals surface area contributed by atoms with Crippen LogP contribution in [-0.4, -0.2) is 44.8 Å². The fourth-order valence-corrected chi connectivity index (χ4v) is 3.82. The van der Waals surface area contributed by atoms with Crippen molar-refractivity contribution < 1.29 is 13.6 Å². The van der Waals surface area contributed by atoms with Crippen LogP contribution < -0.4 is 5.32 Å². The molecule has 0 spiro atoms. The molecule has 1 saturated carbocycles. The number of pyridine rings is 1. The third-order valence-electron chi connectivity index (χ3n) is 5.69. The zero-order chi connectivity index (χ0) is 22.1. The Morgan fingerprint density at radius 1 is 1.16 bits per heavy atom. The SMILES string of the molecule is O=C(/C=C/c1cncc(F)c1-c1cnn(C2CC2)c1)Nc1ccc(CN2CC(F)C2)cc1. The molecule has 164 valence electrons. The number of halogens is 2. The number of rotatable bonds is 7. The van der Waals surface area contributed by atoms with E-state index in [0.717, 1.165) is 24.6 Å². The van der Waals surface area contributed by atoms with E-state index < -0.39 is 12.0 Å². The molecule has 2 aromatic heterocycles. The Kier molecular flexibility index (Phi) is 5.53. The average Bonchev–Trinajstić information content (AvgIpc) is 3.50. The smallest absolute Gasteiger partial charge is 0.248 e. The van der Waals surface area contributed by atoms with Crippen molar-refractivity contribution in [3.8, 4) is 11.1 Å². The molecule has 0 radical (unpaired) electrons. The number of carbonyl (C=O) groups is 1. The van der Waals surface area contributed by atoms with Gasteiger partial charge in [-0.1, -0.05) is 12.1 Å². The van der Waals surface area contributed by atoms with Gasteiger partial charge in [-0.25, -0.2) is 8.78 Å². The lowest BCUT2D eigenvalue weighted by molar-refractivity contribution is -0.111. The third kappa shape index (κ3) is 4.60. The van der Waals surface area contributed by atoms with Gasteiger partial charge in [-0.3, -0.25) is 19.4 Å². The van der Waals surface area contributed by atoms with Gasteiger partial charge in [0.2, 0.25) is 5.91 Å². The number of alkyl halides is 1. The predicted octanol–water partition coefficient (Wildman–Crippen LogP) is 4.22. The fraction of sp³-hybridized carbons (Fsp3) is 0.292. The van der Waals surface area contributed by atoms with E-state index in [2.05, 4.69) is 15.4 Å². The Hall–Kier alpha value is -3.39. The molecule has 2 aliphatic rings. The summed E-state index contributed by atoms with van der Waals surface area (Å²) in [5.41, 5.74) is 3.26. The Labute approximate surface area is 184 Å². The normalized spacial score (nSPS) is 16.9. The summed E-state index contributed by atoms with van der Waals surface area (Å²) >= 11 is 0. The van der Waals surface area contributed by atoms with E-state index in [1.165, 1.54) is 12.3 Å². The lowest BCUT2D eigenvalue weighted by Gasteiger charge is -2.34. The van der Waals surface area contributed by atoms with Gasteiger partial charge in [-0.2, -0.15) is 5.10 Å². The molecule has 1 N–H and O–H groups in total. The van der Waals surface area contributed by atoms with Gasteiger partial charge >= 0.3 is 0 Å². The van der Waals surface area contributed by atoms with E-state index in [1.54, 1.807) is 12.3 Å². The summed E-state index contributed by atoms with van der Waals surface area (Å²) < 4.78 is 29.3. The minimum Gasteiger partial charge on any atom is -0.323 e. The van der Waals surface area contributed by atoms with Crippen molar-refractivity contribution in [2.24, 2.45) is 0 Å². The quantitative estimate of drug-likeness (QED) is 0.565. The molecule has 0 atom stereocenters. The van der Waals surface area contributed by atoms with Crippen molar-refractivity contribution in [1.82, 2.24) is 19.7 Å². The van der Waals surface area contributed by atoms with Crippen LogP contribution >= 0.6 is 0 Å². The van der Waals surface area contributed by atoms with Crippen LogP contribution in [0.25, 0.3) is 17.2 Å². The molecule has 0 bridgehead atoms. The van der Waals surface area contributed by atoms with Crippen molar-refractivity contribution in [3.63, 3.8) is 0 Å². The largest absolute Gasteiger partial charge is 0.323 e. The first-order chi connectivity index (χ1) is 15.5. The van der Waals surface area contributed by atoms with E-state index in [-0.39, 0.29) is 5.91 Å². The van der Waals surface area contributed by atoms with Gasteiger partial charge in [0, 0.05) is 60.5 Å². The second-order valence-electron chi connectivity index (χ2n) is 8.34. The van der Waals surface area contributed by atoms with Crippen molar-refractivity contribution in [2.75, 3.05) is 18.4 Å². The summed E-state index contributed by atoms with van der Waals surface area (Å²) in [7, 11) is 0. The molecule has 2 fully saturated rings. The van der Waals surface area contributed by atoms with Gasteiger partial charge in [-0.05, 0) is 36.6 Å². The highest BCUT2D eigenvalue weighted by Gasteiger charge is 2.26. The molecule has 1 aliphatic carbocycles. The highest BCUT2D eigenvalue weighted by atomic mass is 19.1. The molecule has 1 aliphatic heterocycles. The molecule has 1 saturated heterocycles. The number of carbonyl (C=O) groups excluding carboxylic acids is 1. The molecule has 1 amide bonds. The van der Waals surface area contributed by atoms with E-state index in [9.17, 15) is 13.6 Å². The standard InChI is InChI=1S/C24H23F2N5O/c25-19-14-30(15-19)12-16-1-4-20(5-2-16)29-23(32)8-3-17-9-27-11-22(26)24(17)18-10-28-31(13-18)21-6-7-21/h1-5,8-11,13,19,21H,6-7,12,14-15H2,(H,29,32)/b8-3+. The number of aromatic nitrogens is 3. The molecule has 8 heteroatoms. The van der Waals surface area contributed by atoms with Crippen molar-refractivity contribution in [1.29, 1.82) is 0 Å². The molecule has 6 nitrogen and oxygen atoms in total. The number of hydrogen-bond acceptors (Lipinski definition) is 4. The highest BCUT2D eigenvalue weighted by molar-refractivity contribution is 6.02. The Morgan fingerprint density at radius 3 is 2.66 bits per heavy atom. The molecular weight excluding hydrogens is 412 g/mol. The number of nitrogens with zero attached hydrogens (tertiary/aromatic N) is 4. The minimum atomic E-state index is -0.719. The number of hydrogen-bond donors (Lipinski definition) is 1. The second-order valence-corrected chi connectivity index (χ2v) is 8.34. The number of nitrogens with one attached hydrogen (secondary N) is 1. The Morgan fingerprint density at radius 2 is 1.94 bits per heavy atom. The van der Waals surface area contributed by atoms with Crippen LogP contribution in [0.4, 0.5) is 14.5 Å². The predicted molar refractivity (Wildman–Crippen MR) is 118 cm³/mol. The van der Waals surface area contributed by atoms with Gasteiger partial charge in [0.25, 0.3) is 0 Å². The van der Waals surface area contributed by atoms with E-state index >= 15 is 0 Å². The van der Waals surface area contributed by atoms with Gasteiger partial charge in [0.05, 0.1) is 18.4 Å². The number of likely N-dealkylation sites (tertiary alicyclic amines) is 1. The number of anilines is 1. The monoisotopic (exact) mass is 435 g/mol. The average molecular weight is 435 g/mol. The molecule has 3 heterocycles. The van der Waals surface area contributed by atoms with Crippen LogP contribution in [0.5, 0.6) is 0 Å². The Bertz CT molecular complexity index is 1150. The maximum Gasteiger partial charge on any atom is 0.248 e. The first kappa shape index (κ1) is 20.5. The summed E-state index contributed by atoms with van der Waals surface area (Å²) in [5, 5.41) is 7.13. The van der Waals surface area contributed by atoms with Crippen molar-refractivity contribution in [3.05, 3.63) is 72.1 Å². The lowest BCUT2D eigenvalue weighted by Crippen LogP contribution is -2.47. The van der Waals surface area contributed by atoms with Crippen molar-refractivity contribution >= 4 is 17.7 Å². The maximum absolute atomic E-state index is 14.6. The van der Waals surface area contributed by atoms with Crippen LogP contribution in [0.15, 0.2) is 55.1 Å². The van der Waals surface area contributed by atoms with Crippen LogP contribution in [0, 0.1) is 5.82 Å². The molecule has 3 aromatic rings. The molecule has 1 aromatic carbocycles. The zero-order valence-electron chi connectivity index (χ0n) is 17.4. The van der Waals surface area contributed by atoms with Crippen LogP contribution in [0.3, 0.4) is 0 Å². The molecule has 32 heavy (non-hydrogen) atoms. The number of benzene rings is 1. The molecular formula is C24H23F2N5O. The minimum absolute atomic E-state index is 0.329. The summed E-state index contributed by atoms with van der Waals surface area (Å²) in [6.07, 6.45) is 10.5. The van der Waals surface area contributed by atoms with Gasteiger partial charge in [-0.15, -0.1) is 0 Å². The Balaban J connectivity index is 1.25. The van der Waals surface area contributed by atoms with Gasteiger partial charge < -0.3 is 5.32 Å². The highest BCUT2D eigenvalue weighted by Crippen LogP contribution is 2.36. The van der Waals surface area contributed by atoms with Gasteiger partial charge in [0.1, 0.15) is 12.0 Å². The topological polar surface area (TPSA) is 63.1 Å². The summed E-state index contributed by atoms with van der Waals surface area (Å²) in [6, 6.07) is 7.86. The van der Waals surface area contributed by atoms with E-state index in [0.29, 0.717) is 48.1 Å². The number of amides is 1. The fourth-order valence-electron chi connectivity index (χ4n) is 3.82. The summed E-state index contributed by atoms with van der Waals surface area (Å²) in [4.78, 5) is 18.3. The lowest BCUT2D eigenvalue weighted by atomic mass is 10.0.